The molecule has 24 heavy (non-hydrogen) atoms. The van der Waals surface area contributed by atoms with Gasteiger partial charge >= 0.3 is 5.97 Å². The molecule has 1 aromatic carbocycles. The molecule has 2 aromatic rings. The predicted octanol–water partition coefficient (Wildman–Crippen LogP) is 2.18. The Hall–Kier alpha value is -2.13. The van der Waals surface area contributed by atoms with Crippen molar-refractivity contribution in [3.63, 3.8) is 0 Å². The van der Waals surface area contributed by atoms with Crippen LogP contribution in [0, 0.1) is 0 Å². The number of aromatic amines is 1. The minimum atomic E-state index is -0.563. The van der Waals surface area contributed by atoms with Crippen LogP contribution in [0.5, 0.6) is 11.5 Å². The lowest BCUT2D eigenvalue weighted by Gasteiger charge is -2.14. The first kappa shape index (κ1) is 18.2. The van der Waals surface area contributed by atoms with Crippen LogP contribution < -0.4 is 9.47 Å². The number of esters is 1. The number of hydrogen-bond acceptors (Lipinski definition) is 7. The van der Waals surface area contributed by atoms with Crippen molar-refractivity contribution in [1.29, 1.82) is 0 Å². The Labute approximate surface area is 147 Å². The number of hydrogen-bond donors (Lipinski definition) is 2. The molecule has 0 aliphatic heterocycles. The van der Waals surface area contributed by atoms with Gasteiger partial charge in [0, 0.05) is 10.0 Å². The Morgan fingerprint density at radius 3 is 2.62 bits per heavy atom. The van der Waals surface area contributed by atoms with Gasteiger partial charge in [-0.15, -0.1) is 5.10 Å². The summed E-state index contributed by atoms with van der Waals surface area (Å²) in [5.74, 6) is 0.386. The molecule has 0 saturated carbocycles. The molecule has 0 unspecified atom stereocenters. The number of carbonyl (C=O) groups is 1. The largest absolute Gasteiger partial charge is 0.490 e. The Bertz CT molecular complexity index is 704. The summed E-state index contributed by atoms with van der Waals surface area (Å²) >= 11 is 3.44. The monoisotopic (exact) mass is 399 g/mol. The lowest BCUT2D eigenvalue weighted by atomic mass is 10.1. The van der Waals surface area contributed by atoms with Crippen LogP contribution in [0.4, 0.5) is 0 Å². The van der Waals surface area contributed by atoms with Gasteiger partial charge in [0.05, 0.1) is 19.8 Å². The smallest absolute Gasteiger partial charge is 0.361 e. The van der Waals surface area contributed by atoms with Crippen LogP contribution in [0.25, 0.3) is 11.3 Å². The lowest BCUT2D eigenvalue weighted by Crippen LogP contribution is -2.07. The molecular formula is C15H18BrN3O5. The first-order valence-corrected chi connectivity index (χ1v) is 8.19. The van der Waals surface area contributed by atoms with Crippen LogP contribution in [-0.2, 0) is 4.74 Å². The average molecular weight is 400 g/mol. The van der Waals surface area contributed by atoms with Crippen molar-refractivity contribution in [2.24, 2.45) is 0 Å². The number of aliphatic hydroxyl groups is 1. The summed E-state index contributed by atoms with van der Waals surface area (Å²) in [5.41, 5.74) is 1.03. The molecule has 2 rings (SSSR count). The average Bonchev–Trinajstić information content (AvgIpc) is 3.04. The number of carbonyl (C=O) groups excluding carboxylic acids is 1. The van der Waals surface area contributed by atoms with Crippen LogP contribution in [0.3, 0.4) is 0 Å². The number of rotatable bonds is 8. The topological polar surface area (TPSA) is 107 Å². The zero-order chi connectivity index (χ0) is 17.5. The number of aliphatic hydroxyl groups excluding tert-OH is 1. The third-order valence-corrected chi connectivity index (χ3v) is 3.61. The second kappa shape index (κ2) is 8.65. The van der Waals surface area contributed by atoms with Crippen molar-refractivity contribution in [3.05, 3.63) is 22.3 Å². The molecule has 0 saturated heterocycles. The fourth-order valence-corrected chi connectivity index (χ4v) is 2.52. The molecule has 0 bridgehead atoms. The van der Waals surface area contributed by atoms with Gasteiger partial charge in [-0.3, -0.25) is 0 Å². The van der Waals surface area contributed by atoms with E-state index < -0.39 is 5.97 Å². The second-order valence-electron chi connectivity index (χ2n) is 4.53. The summed E-state index contributed by atoms with van der Waals surface area (Å²) in [5, 5.41) is 19.3. The third kappa shape index (κ3) is 4.04. The highest BCUT2D eigenvalue weighted by atomic mass is 79.9. The highest BCUT2D eigenvalue weighted by Crippen LogP contribution is 2.39. The Balaban J connectivity index is 2.46. The van der Waals surface area contributed by atoms with E-state index in [9.17, 15) is 4.79 Å². The Morgan fingerprint density at radius 1 is 1.21 bits per heavy atom. The molecule has 1 heterocycles. The molecule has 2 N–H and O–H groups in total. The zero-order valence-electron chi connectivity index (χ0n) is 13.3. The van der Waals surface area contributed by atoms with Gasteiger partial charge in [-0.05, 0) is 41.9 Å². The van der Waals surface area contributed by atoms with Gasteiger partial charge < -0.3 is 19.3 Å². The van der Waals surface area contributed by atoms with Crippen LogP contribution in [-0.4, -0.2) is 52.9 Å². The van der Waals surface area contributed by atoms with E-state index >= 15 is 0 Å². The van der Waals surface area contributed by atoms with Crippen molar-refractivity contribution in [2.75, 3.05) is 26.4 Å². The maximum atomic E-state index is 12.0. The first-order chi connectivity index (χ1) is 11.6. The molecular weight excluding hydrogens is 382 g/mol. The Morgan fingerprint density at radius 2 is 1.96 bits per heavy atom. The van der Waals surface area contributed by atoms with E-state index in [-0.39, 0.29) is 25.5 Å². The minimum Gasteiger partial charge on any atom is -0.490 e. The van der Waals surface area contributed by atoms with Crippen LogP contribution in [0.2, 0.25) is 0 Å². The maximum absolute atomic E-state index is 12.0. The summed E-state index contributed by atoms with van der Waals surface area (Å²) in [6, 6.07) is 3.39. The Kier molecular flexibility index (Phi) is 6.56. The van der Waals surface area contributed by atoms with Gasteiger partial charge in [-0.2, -0.15) is 10.3 Å². The van der Waals surface area contributed by atoms with Crippen LogP contribution in [0.15, 0.2) is 16.6 Å². The van der Waals surface area contributed by atoms with Crippen molar-refractivity contribution in [3.8, 4) is 22.8 Å². The minimum absolute atomic E-state index is 0.0871. The van der Waals surface area contributed by atoms with Crippen molar-refractivity contribution in [2.45, 2.75) is 13.8 Å². The van der Waals surface area contributed by atoms with Gasteiger partial charge in [-0.1, -0.05) is 0 Å². The molecule has 0 aliphatic rings. The summed E-state index contributed by atoms with van der Waals surface area (Å²) in [6.07, 6.45) is 0. The van der Waals surface area contributed by atoms with Gasteiger partial charge in [0.15, 0.2) is 17.2 Å². The van der Waals surface area contributed by atoms with Crippen LogP contribution >= 0.6 is 15.9 Å². The van der Waals surface area contributed by atoms with Crippen LogP contribution in [0.1, 0.15) is 24.3 Å². The van der Waals surface area contributed by atoms with E-state index in [1.807, 2.05) is 6.92 Å². The fourth-order valence-electron chi connectivity index (χ4n) is 2.01. The summed E-state index contributed by atoms with van der Waals surface area (Å²) in [4.78, 5) is 12.0. The highest BCUT2D eigenvalue weighted by Gasteiger charge is 2.22. The SMILES string of the molecule is CCOC(=O)c1n[nH]nc1-c1cc(OCC)c(OCCO)cc1Br. The molecule has 130 valence electrons. The van der Waals surface area contributed by atoms with Gasteiger partial charge in [0.2, 0.25) is 0 Å². The van der Waals surface area contributed by atoms with Crippen molar-refractivity contribution < 1.29 is 24.1 Å². The van der Waals surface area contributed by atoms with Gasteiger partial charge in [-0.25, -0.2) is 4.79 Å². The molecule has 9 heteroatoms. The molecule has 8 nitrogen and oxygen atoms in total. The van der Waals surface area contributed by atoms with E-state index in [0.29, 0.717) is 33.8 Å². The molecule has 0 atom stereocenters. The number of halogens is 1. The molecule has 0 aliphatic carbocycles. The number of aromatic nitrogens is 3. The number of nitrogens with one attached hydrogen (secondary N) is 1. The predicted molar refractivity (Wildman–Crippen MR) is 89.2 cm³/mol. The number of nitrogens with zero attached hydrogens (tertiary/aromatic N) is 2. The molecule has 0 amide bonds. The zero-order valence-corrected chi connectivity index (χ0v) is 14.9. The normalized spacial score (nSPS) is 10.5. The summed E-state index contributed by atoms with van der Waals surface area (Å²) in [7, 11) is 0. The summed E-state index contributed by atoms with van der Waals surface area (Å²) in [6.45, 7) is 4.27. The number of H-pyrrole nitrogens is 1. The molecule has 0 spiro atoms. The van der Waals surface area contributed by atoms with Crippen molar-refractivity contribution >= 4 is 21.9 Å². The van der Waals surface area contributed by atoms with E-state index in [4.69, 9.17) is 19.3 Å². The molecule has 0 radical (unpaired) electrons. The van der Waals surface area contributed by atoms with Gasteiger partial charge in [0.25, 0.3) is 0 Å². The molecule has 0 fully saturated rings. The first-order valence-electron chi connectivity index (χ1n) is 7.40. The number of benzene rings is 1. The second-order valence-corrected chi connectivity index (χ2v) is 5.38. The standard InChI is InChI=1S/C15H18BrN3O5/c1-3-22-11-7-9(10(16)8-12(11)24-6-5-20)13-14(18-19-17-13)15(21)23-4-2/h7-8,20H,3-6H2,1-2H3,(H,17,18,19). The number of ether oxygens (including phenoxy) is 3. The maximum Gasteiger partial charge on any atom is 0.361 e. The van der Waals surface area contributed by atoms with E-state index in [1.54, 1.807) is 19.1 Å². The highest BCUT2D eigenvalue weighted by molar-refractivity contribution is 9.10. The lowest BCUT2D eigenvalue weighted by molar-refractivity contribution is 0.0520. The van der Waals surface area contributed by atoms with Gasteiger partial charge in [0.1, 0.15) is 12.3 Å². The fraction of sp³-hybridized carbons (Fsp3) is 0.400. The molecule has 1 aromatic heterocycles. The van der Waals surface area contributed by atoms with E-state index in [0.717, 1.165) is 0 Å². The van der Waals surface area contributed by atoms with Crippen molar-refractivity contribution in [1.82, 2.24) is 15.4 Å². The summed E-state index contributed by atoms with van der Waals surface area (Å²) < 4.78 is 16.7. The third-order valence-electron chi connectivity index (χ3n) is 2.95. The van der Waals surface area contributed by atoms with E-state index in [2.05, 4.69) is 31.3 Å². The quantitative estimate of drug-likeness (QED) is 0.654. The van der Waals surface area contributed by atoms with E-state index in [1.165, 1.54) is 0 Å².